The molecule has 0 amide bonds. The highest BCUT2D eigenvalue weighted by Gasteiger charge is 2.20. The second-order valence-electron chi connectivity index (χ2n) is 3.50. The van der Waals surface area contributed by atoms with Crippen LogP contribution in [0.3, 0.4) is 0 Å². The number of benzene rings is 1. The summed E-state index contributed by atoms with van der Waals surface area (Å²) in [5.74, 6) is -5.44. The molecule has 0 saturated carbocycles. The maximum absolute atomic E-state index is 13.1. The monoisotopic (exact) mass is 268 g/mol. The molecule has 0 fully saturated rings. The van der Waals surface area contributed by atoms with Gasteiger partial charge in [0.15, 0.2) is 23.1 Å². The van der Waals surface area contributed by atoms with Crippen molar-refractivity contribution >= 4 is 5.78 Å². The van der Waals surface area contributed by atoms with Gasteiger partial charge in [-0.05, 0) is 12.1 Å². The second kappa shape index (κ2) is 5.05. The fourth-order valence-corrected chi connectivity index (χ4v) is 1.45. The second-order valence-corrected chi connectivity index (χ2v) is 3.50. The molecule has 0 unspecified atom stereocenters. The Kier molecular flexibility index (Phi) is 3.46. The number of nitrogens with zero attached hydrogens (tertiary/aromatic N) is 2. The molecule has 2 rings (SSSR count). The van der Waals surface area contributed by atoms with Gasteiger partial charge in [0, 0.05) is 18.0 Å². The summed E-state index contributed by atoms with van der Waals surface area (Å²) in [5.41, 5.74) is -0.592. The molecular formula is C12H7F3N2O2. The molecule has 0 saturated heterocycles. The lowest BCUT2D eigenvalue weighted by molar-refractivity contribution is 0.102. The molecule has 0 spiro atoms. The molecule has 4 nitrogen and oxygen atoms in total. The van der Waals surface area contributed by atoms with Crippen molar-refractivity contribution < 1.29 is 22.7 Å². The molecule has 0 atom stereocenters. The number of hydrogen-bond acceptors (Lipinski definition) is 4. The van der Waals surface area contributed by atoms with Gasteiger partial charge in [0.05, 0.1) is 7.11 Å². The largest absolute Gasteiger partial charge is 0.479 e. The van der Waals surface area contributed by atoms with E-state index in [1.165, 1.54) is 19.5 Å². The Bertz CT molecular complexity index is 624. The highest BCUT2D eigenvalue weighted by Crippen LogP contribution is 2.19. The normalized spacial score (nSPS) is 10.3. The Morgan fingerprint density at radius 3 is 2.26 bits per heavy atom. The average Bonchev–Trinajstić information content (AvgIpc) is 2.43. The van der Waals surface area contributed by atoms with Crippen LogP contribution >= 0.6 is 0 Å². The van der Waals surface area contributed by atoms with Crippen molar-refractivity contribution in [1.82, 2.24) is 9.97 Å². The number of ether oxygens (including phenoxy) is 1. The van der Waals surface area contributed by atoms with Gasteiger partial charge in [0.2, 0.25) is 11.7 Å². The third-order valence-corrected chi connectivity index (χ3v) is 2.32. The maximum Gasteiger partial charge on any atom is 0.243 e. The summed E-state index contributed by atoms with van der Waals surface area (Å²) < 4.78 is 43.8. The quantitative estimate of drug-likeness (QED) is 0.632. The molecule has 0 aliphatic carbocycles. The van der Waals surface area contributed by atoms with Crippen molar-refractivity contribution in [3.8, 4) is 5.88 Å². The van der Waals surface area contributed by atoms with E-state index >= 15 is 0 Å². The molecule has 0 N–H and O–H groups in total. The first-order chi connectivity index (χ1) is 9.04. The lowest BCUT2D eigenvalue weighted by Gasteiger charge is -2.05. The molecule has 1 heterocycles. The lowest BCUT2D eigenvalue weighted by atomic mass is 10.1. The molecule has 0 aliphatic heterocycles. The molecule has 1 aromatic heterocycles. The Balaban J connectivity index is 2.50. The van der Waals surface area contributed by atoms with E-state index < -0.39 is 23.2 Å². The first kappa shape index (κ1) is 13.0. The minimum Gasteiger partial charge on any atom is -0.479 e. The molecule has 0 bridgehead atoms. The average molecular weight is 268 g/mol. The number of ketones is 1. The smallest absolute Gasteiger partial charge is 0.243 e. The number of carbonyl (C=O) groups is 1. The van der Waals surface area contributed by atoms with Crippen LogP contribution in [0.2, 0.25) is 0 Å². The van der Waals surface area contributed by atoms with Crippen LogP contribution < -0.4 is 4.74 Å². The van der Waals surface area contributed by atoms with E-state index in [9.17, 15) is 18.0 Å². The lowest BCUT2D eigenvalue weighted by Crippen LogP contribution is -2.09. The number of aromatic nitrogens is 2. The number of methoxy groups -OCH3 is 1. The zero-order chi connectivity index (χ0) is 14.0. The number of rotatable bonds is 3. The van der Waals surface area contributed by atoms with E-state index in [0.29, 0.717) is 12.1 Å². The van der Waals surface area contributed by atoms with Crippen molar-refractivity contribution in [3.63, 3.8) is 0 Å². The molecule has 7 heteroatoms. The molecule has 0 aliphatic rings. The van der Waals surface area contributed by atoms with Crippen LogP contribution in [0.15, 0.2) is 24.5 Å². The SMILES string of the molecule is COc1nccnc1C(=O)c1cc(F)c(F)c(F)c1. The summed E-state index contributed by atoms with van der Waals surface area (Å²) >= 11 is 0. The predicted molar refractivity (Wildman–Crippen MR) is 58.3 cm³/mol. The van der Waals surface area contributed by atoms with Gasteiger partial charge in [0.25, 0.3) is 0 Å². The number of halogens is 3. The van der Waals surface area contributed by atoms with Crippen LogP contribution in [0.1, 0.15) is 16.1 Å². The predicted octanol–water partition coefficient (Wildman–Crippen LogP) is 2.13. The summed E-state index contributed by atoms with van der Waals surface area (Å²) in [7, 11) is 1.27. The van der Waals surface area contributed by atoms with Crippen molar-refractivity contribution in [2.75, 3.05) is 7.11 Å². The van der Waals surface area contributed by atoms with E-state index in [0.717, 1.165) is 0 Å². The summed E-state index contributed by atoms with van der Waals surface area (Å²) in [5, 5.41) is 0. The Hall–Kier alpha value is -2.44. The van der Waals surface area contributed by atoms with Crippen LogP contribution in [0, 0.1) is 17.5 Å². The third kappa shape index (κ3) is 2.40. The van der Waals surface area contributed by atoms with E-state index in [-0.39, 0.29) is 17.1 Å². The van der Waals surface area contributed by atoms with Crippen molar-refractivity contribution in [3.05, 3.63) is 53.2 Å². The minimum absolute atomic E-state index is 0.0855. The minimum atomic E-state index is -1.64. The summed E-state index contributed by atoms with van der Waals surface area (Å²) in [6.45, 7) is 0. The highest BCUT2D eigenvalue weighted by molar-refractivity contribution is 6.09. The van der Waals surface area contributed by atoms with Crippen LogP contribution in [0.5, 0.6) is 5.88 Å². The van der Waals surface area contributed by atoms with Crippen molar-refractivity contribution in [2.24, 2.45) is 0 Å². The zero-order valence-corrected chi connectivity index (χ0v) is 9.65. The van der Waals surface area contributed by atoms with Gasteiger partial charge in [0.1, 0.15) is 0 Å². The van der Waals surface area contributed by atoms with Gasteiger partial charge < -0.3 is 4.74 Å². The molecular weight excluding hydrogens is 261 g/mol. The van der Waals surface area contributed by atoms with Crippen LogP contribution in [-0.4, -0.2) is 22.9 Å². The third-order valence-electron chi connectivity index (χ3n) is 2.32. The summed E-state index contributed by atoms with van der Waals surface area (Å²) in [6, 6.07) is 1.18. The Morgan fingerprint density at radius 1 is 1.11 bits per heavy atom. The standard InChI is InChI=1S/C12H7F3N2O2/c1-19-12-10(16-2-3-17-12)11(18)6-4-7(13)9(15)8(14)5-6/h2-5H,1H3. The van der Waals surface area contributed by atoms with Crippen LogP contribution in [0.4, 0.5) is 13.2 Å². The van der Waals surface area contributed by atoms with E-state index in [2.05, 4.69) is 9.97 Å². The van der Waals surface area contributed by atoms with Crippen molar-refractivity contribution in [1.29, 1.82) is 0 Å². The van der Waals surface area contributed by atoms with Gasteiger partial charge in [-0.1, -0.05) is 0 Å². The van der Waals surface area contributed by atoms with Crippen LogP contribution in [-0.2, 0) is 0 Å². The van der Waals surface area contributed by atoms with Gasteiger partial charge >= 0.3 is 0 Å². The van der Waals surface area contributed by atoms with E-state index in [1.807, 2.05) is 0 Å². The highest BCUT2D eigenvalue weighted by atomic mass is 19.2. The molecule has 98 valence electrons. The number of hydrogen-bond donors (Lipinski definition) is 0. The Morgan fingerprint density at radius 2 is 1.68 bits per heavy atom. The van der Waals surface area contributed by atoms with Crippen LogP contribution in [0.25, 0.3) is 0 Å². The first-order valence-electron chi connectivity index (χ1n) is 5.09. The molecule has 1 aromatic carbocycles. The fourth-order valence-electron chi connectivity index (χ4n) is 1.45. The summed E-state index contributed by atoms with van der Waals surface area (Å²) in [6.07, 6.45) is 2.52. The van der Waals surface area contributed by atoms with Crippen molar-refractivity contribution in [2.45, 2.75) is 0 Å². The van der Waals surface area contributed by atoms with E-state index in [1.54, 1.807) is 0 Å². The topological polar surface area (TPSA) is 52.1 Å². The van der Waals surface area contributed by atoms with Gasteiger partial charge in [-0.2, -0.15) is 0 Å². The molecule has 2 aromatic rings. The number of carbonyl (C=O) groups excluding carboxylic acids is 1. The first-order valence-corrected chi connectivity index (χ1v) is 5.09. The van der Waals surface area contributed by atoms with E-state index in [4.69, 9.17) is 4.74 Å². The molecule has 0 radical (unpaired) electrons. The Labute approximate surface area is 105 Å². The summed E-state index contributed by atoms with van der Waals surface area (Å²) in [4.78, 5) is 19.5. The zero-order valence-electron chi connectivity index (χ0n) is 9.65. The van der Waals surface area contributed by atoms with Gasteiger partial charge in [-0.15, -0.1) is 0 Å². The van der Waals surface area contributed by atoms with Gasteiger partial charge in [-0.25, -0.2) is 23.1 Å². The van der Waals surface area contributed by atoms with Gasteiger partial charge in [-0.3, -0.25) is 4.79 Å². The maximum atomic E-state index is 13.1. The fraction of sp³-hybridized carbons (Fsp3) is 0.0833. The molecule has 19 heavy (non-hydrogen) atoms.